The van der Waals surface area contributed by atoms with Gasteiger partial charge in [0.2, 0.25) is 11.8 Å². The summed E-state index contributed by atoms with van der Waals surface area (Å²) in [6.07, 6.45) is 1.98. The minimum Gasteiger partial charge on any atom is -0.348 e. The van der Waals surface area contributed by atoms with Gasteiger partial charge in [-0.15, -0.1) is 0 Å². The van der Waals surface area contributed by atoms with E-state index in [4.69, 9.17) is 0 Å². The molecule has 0 aliphatic carbocycles. The summed E-state index contributed by atoms with van der Waals surface area (Å²) < 4.78 is 0. The average Bonchev–Trinajstić information content (AvgIpc) is 3.21. The Hall–Kier alpha value is -3.26. The molecule has 0 saturated heterocycles. The van der Waals surface area contributed by atoms with Crippen molar-refractivity contribution in [1.29, 1.82) is 0 Å². The number of hydrogen-bond donors (Lipinski definition) is 3. The Kier molecular flexibility index (Phi) is 7.81. The summed E-state index contributed by atoms with van der Waals surface area (Å²) in [4.78, 5) is 45.5. The van der Waals surface area contributed by atoms with Crippen molar-refractivity contribution >= 4 is 23.5 Å². The largest absolute Gasteiger partial charge is 0.348 e. The van der Waals surface area contributed by atoms with Gasteiger partial charge in [0.15, 0.2) is 0 Å². The van der Waals surface area contributed by atoms with Crippen molar-refractivity contribution in [2.45, 2.75) is 58.3 Å². The Bertz CT molecular complexity index is 995. The Morgan fingerprint density at radius 2 is 1.70 bits per heavy atom. The minimum absolute atomic E-state index is 0.176. The van der Waals surface area contributed by atoms with E-state index in [9.17, 15) is 14.4 Å². The van der Waals surface area contributed by atoms with Crippen LogP contribution >= 0.6 is 0 Å². The lowest BCUT2D eigenvalue weighted by Gasteiger charge is -2.31. The quantitative estimate of drug-likeness (QED) is 0.569. The number of anilines is 1. The summed E-state index contributed by atoms with van der Waals surface area (Å²) in [5, 5.41) is 8.77. The summed E-state index contributed by atoms with van der Waals surface area (Å²) in [6.45, 7) is 7.38. The van der Waals surface area contributed by atoms with Gasteiger partial charge in [-0.3, -0.25) is 19.3 Å². The molecule has 3 N–H and O–H groups in total. The van der Waals surface area contributed by atoms with Gasteiger partial charge in [-0.2, -0.15) is 0 Å². The zero-order valence-electron chi connectivity index (χ0n) is 19.8. The zero-order chi connectivity index (χ0) is 24.1. The van der Waals surface area contributed by atoms with Crippen LogP contribution in [0.3, 0.4) is 0 Å². The molecule has 0 spiro atoms. The Labute approximate surface area is 195 Å². The molecule has 1 unspecified atom stereocenters. The van der Waals surface area contributed by atoms with Crippen LogP contribution in [-0.4, -0.2) is 47.9 Å². The number of nitrogens with zero attached hydrogens (tertiary/aromatic N) is 2. The topological polar surface area (TPSA) is 103 Å². The van der Waals surface area contributed by atoms with Crippen LogP contribution < -0.4 is 20.9 Å². The molecule has 33 heavy (non-hydrogen) atoms. The van der Waals surface area contributed by atoms with E-state index in [-0.39, 0.29) is 29.7 Å². The number of carbonyl (C=O) groups excluding carboxylic acids is 3. The molecular formula is C25H33N5O3. The monoisotopic (exact) mass is 451 g/mol. The highest BCUT2D eigenvalue weighted by atomic mass is 16.2. The molecule has 0 saturated carbocycles. The minimum atomic E-state index is -0.789. The molecule has 2 heterocycles. The first-order valence-corrected chi connectivity index (χ1v) is 11.3. The molecule has 1 aromatic carbocycles. The van der Waals surface area contributed by atoms with E-state index in [0.717, 1.165) is 11.1 Å². The smallest absolute Gasteiger partial charge is 0.251 e. The number of aromatic nitrogens is 1. The van der Waals surface area contributed by atoms with Crippen molar-refractivity contribution in [3.05, 3.63) is 59.8 Å². The van der Waals surface area contributed by atoms with Gasteiger partial charge < -0.3 is 16.0 Å². The standard InChI is InChI=1S/C25H33N5O3/c1-15(2)21(29-23(31)17(4)26-5)25(33)30-20(14-19-12-9-13-27-22(19)30)24(32)28-16(3)18-10-7-6-8-11-18/h6-13,15-17,20-21,26H,14H2,1-5H3,(H,28,32)(H,29,31)/t16?,17-,20-,21-/m0/s1. The predicted molar refractivity (Wildman–Crippen MR) is 128 cm³/mol. The first kappa shape index (κ1) is 24.4. The molecule has 176 valence electrons. The van der Waals surface area contributed by atoms with Crippen molar-refractivity contribution in [3.63, 3.8) is 0 Å². The van der Waals surface area contributed by atoms with Gasteiger partial charge in [0.1, 0.15) is 17.9 Å². The van der Waals surface area contributed by atoms with Crippen LogP contribution in [0.15, 0.2) is 48.7 Å². The van der Waals surface area contributed by atoms with Crippen LogP contribution in [0.2, 0.25) is 0 Å². The summed E-state index contributed by atoms with van der Waals surface area (Å²) >= 11 is 0. The number of amides is 3. The molecule has 1 aliphatic heterocycles. The van der Waals surface area contributed by atoms with Crippen molar-refractivity contribution in [3.8, 4) is 0 Å². The maximum absolute atomic E-state index is 13.7. The Morgan fingerprint density at radius 1 is 1.00 bits per heavy atom. The van der Waals surface area contributed by atoms with Gasteiger partial charge in [-0.1, -0.05) is 50.2 Å². The number of rotatable bonds is 8. The highest BCUT2D eigenvalue weighted by molar-refractivity contribution is 6.06. The lowest BCUT2D eigenvalue weighted by molar-refractivity contribution is -0.131. The molecule has 8 heteroatoms. The second-order valence-electron chi connectivity index (χ2n) is 8.80. The number of benzene rings is 1. The predicted octanol–water partition coefficient (Wildman–Crippen LogP) is 1.97. The number of carbonyl (C=O) groups is 3. The van der Waals surface area contributed by atoms with E-state index in [1.165, 1.54) is 4.90 Å². The number of likely N-dealkylation sites (N-methyl/N-ethyl adjacent to an activating group) is 1. The Balaban J connectivity index is 1.87. The van der Waals surface area contributed by atoms with Crippen LogP contribution in [0.4, 0.5) is 5.82 Å². The Morgan fingerprint density at radius 3 is 2.33 bits per heavy atom. The van der Waals surface area contributed by atoms with Gasteiger partial charge in [-0.05, 0) is 44.0 Å². The lowest BCUT2D eigenvalue weighted by atomic mass is 10.0. The first-order valence-electron chi connectivity index (χ1n) is 11.3. The van der Waals surface area contributed by atoms with Crippen LogP contribution in [0, 0.1) is 5.92 Å². The SMILES string of the molecule is CN[C@@H](C)C(=O)N[C@H](C(=O)N1c2ncccc2C[C@H]1C(=O)NC(C)c1ccccc1)C(C)C. The molecule has 3 rings (SSSR count). The van der Waals surface area contributed by atoms with Crippen LogP contribution in [0.5, 0.6) is 0 Å². The second-order valence-corrected chi connectivity index (χ2v) is 8.80. The van der Waals surface area contributed by atoms with Crippen molar-refractivity contribution in [1.82, 2.24) is 20.9 Å². The summed E-state index contributed by atoms with van der Waals surface area (Å²) in [7, 11) is 1.69. The van der Waals surface area contributed by atoms with Gasteiger partial charge in [-0.25, -0.2) is 4.98 Å². The van der Waals surface area contributed by atoms with Crippen molar-refractivity contribution < 1.29 is 14.4 Å². The number of hydrogen-bond acceptors (Lipinski definition) is 5. The normalized spacial score (nSPS) is 17.8. The van der Waals surface area contributed by atoms with Crippen LogP contribution in [-0.2, 0) is 20.8 Å². The van der Waals surface area contributed by atoms with E-state index < -0.39 is 18.1 Å². The van der Waals surface area contributed by atoms with Gasteiger partial charge in [0.05, 0.1) is 12.1 Å². The fourth-order valence-electron chi connectivity index (χ4n) is 3.93. The maximum Gasteiger partial charge on any atom is 0.251 e. The highest BCUT2D eigenvalue weighted by Crippen LogP contribution is 2.31. The van der Waals surface area contributed by atoms with Gasteiger partial charge in [0, 0.05) is 12.6 Å². The van der Waals surface area contributed by atoms with Gasteiger partial charge >= 0.3 is 0 Å². The first-order chi connectivity index (χ1) is 15.7. The molecule has 4 atom stereocenters. The lowest BCUT2D eigenvalue weighted by Crippen LogP contribution is -2.58. The molecule has 1 aliphatic rings. The summed E-state index contributed by atoms with van der Waals surface area (Å²) in [6, 6.07) is 11.1. The molecule has 0 radical (unpaired) electrons. The molecular weight excluding hydrogens is 418 g/mol. The van der Waals surface area contributed by atoms with E-state index >= 15 is 0 Å². The third kappa shape index (κ3) is 5.39. The third-order valence-electron chi connectivity index (χ3n) is 6.08. The van der Waals surface area contributed by atoms with Crippen molar-refractivity contribution in [2.75, 3.05) is 11.9 Å². The molecule has 1 aromatic heterocycles. The molecule has 0 bridgehead atoms. The summed E-state index contributed by atoms with van der Waals surface area (Å²) in [5.41, 5.74) is 1.81. The third-order valence-corrected chi connectivity index (χ3v) is 6.08. The van der Waals surface area contributed by atoms with E-state index in [1.54, 1.807) is 26.2 Å². The molecule has 3 amide bonds. The average molecular weight is 452 g/mol. The van der Waals surface area contributed by atoms with E-state index in [2.05, 4.69) is 20.9 Å². The number of fused-ring (bicyclic) bond motifs is 1. The molecule has 8 nitrogen and oxygen atoms in total. The molecule has 2 aromatic rings. The highest BCUT2D eigenvalue weighted by Gasteiger charge is 2.43. The second kappa shape index (κ2) is 10.6. The number of pyridine rings is 1. The fourth-order valence-corrected chi connectivity index (χ4v) is 3.93. The van der Waals surface area contributed by atoms with E-state index in [1.807, 2.05) is 57.2 Å². The molecule has 0 fully saturated rings. The number of nitrogens with one attached hydrogen (secondary N) is 3. The van der Waals surface area contributed by atoms with Crippen LogP contribution in [0.1, 0.15) is 44.9 Å². The maximum atomic E-state index is 13.7. The van der Waals surface area contributed by atoms with E-state index in [0.29, 0.717) is 12.2 Å². The fraction of sp³-hybridized carbons (Fsp3) is 0.440. The van der Waals surface area contributed by atoms with Crippen LogP contribution in [0.25, 0.3) is 0 Å². The van der Waals surface area contributed by atoms with Crippen molar-refractivity contribution in [2.24, 2.45) is 5.92 Å². The summed E-state index contributed by atoms with van der Waals surface area (Å²) in [5.74, 6) is -0.577. The van der Waals surface area contributed by atoms with Gasteiger partial charge in [0.25, 0.3) is 5.91 Å². The zero-order valence-corrected chi connectivity index (χ0v) is 19.8.